The third-order valence-electron chi connectivity index (χ3n) is 3.65. The van der Waals surface area contributed by atoms with Crippen LogP contribution in [0.5, 0.6) is 17.2 Å². The molecule has 0 heterocycles. The first-order valence-corrected chi connectivity index (χ1v) is 8.26. The number of amides is 1. The largest absolute Gasteiger partial charge is 0.493 e. The van der Waals surface area contributed by atoms with E-state index in [0.717, 1.165) is 11.1 Å². The Morgan fingerprint density at radius 2 is 1.77 bits per heavy atom. The van der Waals surface area contributed by atoms with E-state index in [-0.39, 0.29) is 12.5 Å². The van der Waals surface area contributed by atoms with Crippen LogP contribution in [0.15, 0.2) is 35.4 Å². The molecule has 138 valence electrons. The number of nitrogens with zero attached hydrogens (tertiary/aromatic N) is 1. The van der Waals surface area contributed by atoms with Crippen LogP contribution in [0, 0.1) is 13.8 Å². The van der Waals surface area contributed by atoms with Crippen molar-refractivity contribution in [1.82, 2.24) is 5.43 Å². The average Bonchev–Trinajstić information content (AvgIpc) is 2.62. The normalized spacial score (nSPS) is 10.7. The van der Waals surface area contributed by atoms with Crippen molar-refractivity contribution in [2.45, 2.75) is 13.8 Å². The summed E-state index contributed by atoms with van der Waals surface area (Å²) >= 11 is 6.16. The highest BCUT2D eigenvalue weighted by atomic mass is 35.5. The molecule has 2 rings (SSSR count). The van der Waals surface area contributed by atoms with Crippen LogP contribution in [-0.2, 0) is 4.79 Å². The Bertz CT molecular complexity index is 801. The van der Waals surface area contributed by atoms with Gasteiger partial charge in [0, 0.05) is 11.6 Å². The summed E-state index contributed by atoms with van der Waals surface area (Å²) in [5, 5.41) is 4.33. The Labute approximate surface area is 157 Å². The SMILES string of the molecule is COc1cc(Cl)c(/C=N/NC(=O)COc2c(C)cccc2C)cc1OC. The summed E-state index contributed by atoms with van der Waals surface area (Å²) in [7, 11) is 3.05. The number of benzene rings is 2. The molecule has 0 aliphatic rings. The summed E-state index contributed by atoms with van der Waals surface area (Å²) in [5.41, 5.74) is 4.93. The fourth-order valence-electron chi connectivity index (χ4n) is 2.34. The lowest BCUT2D eigenvalue weighted by molar-refractivity contribution is -0.123. The second-order valence-corrected chi connectivity index (χ2v) is 5.94. The fourth-order valence-corrected chi connectivity index (χ4v) is 2.54. The maximum Gasteiger partial charge on any atom is 0.277 e. The van der Waals surface area contributed by atoms with Crippen LogP contribution in [-0.4, -0.2) is 32.9 Å². The summed E-state index contributed by atoms with van der Waals surface area (Å²) in [6.45, 7) is 3.72. The molecule has 0 spiro atoms. The minimum atomic E-state index is -0.375. The van der Waals surface area contributed by atoms with Gasteiger partial charge in [0.05, 0.1) is 25.5 Å². The van der Waals surface area contributed by atoms with Crippen molar-refractivity contribution in [3.05, 3.63) is 52.0 Å². The molecule has 0 radical (unpaired) electrons. The summed E-state index contributed by atoms with van der Waals surface area (Å²) in [6, 6.07) is 9.08. The Kier molecular flexibility index (Phi) is 6.86. The molecule has 2 aromatic carbocycles. The highest BCUT2D eigenvalue weighted by molar-refractivity contribution is 6.33. The zero-order valence-corrected chi connectivity index (χ0v) is 15.9. The predicted molar refractivity (Wildman–Crippen MR) is 102 cm³/mol. The van der Waals surface area contributed by atoms with Crippen molar-refractivity contribution < 1.29 is 19.0 Å². The molecule has 1 amide bonds. The van der Waals surface area contributed by atoms with Gasteiger partial charge in [-0.05, 0) is 31.0 Å². The Morgan fingerprint density at radius 1 is 1.15 bits per heavy atom. The second-order valence-electron chi connectivity index (χ2n) is 5.53. The van der Waals surface area contributed by atoms with Gasteiger partial charge in [-0.25, -0.2) is 5.43 Å². The molecule has 2 aromatic rings. The van der Waals surface area contributed by atoms with E-state index in [1.54, 1.807) is 12.1 Å². The summed E-state index contributed by atoms with van der Waals surface area (Å²) in [5.74, 6) is 1.36. The number of methoxy groups -OCH3 is 2. The Hall–Kier alpha value is -2.73. The van der Waals surface area contributed by atoms with E-state index in [1.165, 1.54) is 20.4 Å². The van der Waals surface area contributed by atoms with Crippen LogP contribution >= 0.6 is 11.6 Å². The molecule has 0 aliphatic carbocycles. The fraction of sp³-hybridized carbons (Fsp3) is 0.263. The lowest BCUT2D eigenvalue weighted by atomic mass is 10.1. The van der Waals surface area contributed by atoms with Crippen LogP contribution in [0.2, 0.25) is 5.02 Å². The van der Waals surface area contributed by atoms with E-state index < -0.39 is 0 Å². The minimum absolute atomic E-state index is 0.136. The first-order chi connectivity index (χ1) is 12.5. The molecule has 7 heteroatoms. The molecular formula is C19H21ClN2O4. The van der Waals surface area contributed by atoms with Gasteiger partial charge >= 0.3 is 0 Å². The summed E-state index contributed by atoms with van der Waals surface area (Å²) in [4.78, 5) is 11.9. The molecule has 0 saturated heterocycles. The molecule has 0 atom stereocenters. The third kappa shape index (κ3) is 4.89. The smallest absolute Gasteiger partial charge is 0.277 e. The lowest BCUT2D eigenvalue weighted by Gasteiger charge is -2.11. The highest BCUT2D eigenvalue weighted by Gasteiger charge is 2.09. The number of halogens is 1. The molecule has 0 fully saturated rings. The number of hydrogen-bond acceptors (Lipinski definition) is 5. The number of ether oxygens (including phenoxy) is 3. The first kappa shape index (κ1) is 19.6. The van der Waals surface area contributed by atoms with Crippen LogP contribution in [0.3, 0.4) is 0 Å². The monoisotopic (exact) mass is 376 g/mol. The van der Waals surface area contributed by atoms with Crippen molar-refractivity contribution in [2.75, 3.05) is 20.8 Å². The van der Waals surface area contributed by atoms with Crippen LogP contribution < -0.4 is 19.6 Å². The zero-order valence-electron chi connectivity index (χ0n) is 15.1. The maximum absolute atomic E-state index is 11.9. The quantitative estimate of drug-likeness (QED) is 0.593. The zero-order chi connectivity index (χ0) is 19.1. The molecule has 0 unspecified atom stereocenters. The van der Waals surface area contributed by atoms with E-state index >= 15 is 0 Å². The average molecular weight is 377 g/mol. The first-order valence-electron chi connectivity index (χ1n) is 7.88. The molecule has 1 N–H and O–H groups in total. The summed E-state index contributed by atoms with van der Waals surface area (Å²) in [6.07, 6.45) is 1.43. The van der Waals surface area contributed by atoms with Gasteiger partial charge in [0.15, 0.2) is 18.1 Å². The molecule has 26 heavy (non-hydrogen) atoms. The van der Waals surface area contributed by atoms with Gasteiger partial charge in [0.1, 0.15) is 5.75 Å². The van der Waals surface area contributed by atoms with Crippen molar-refractivity contribution in [3.63, 3.8) is 0 Å². The molecule has 6 nitrogen and oxygen atoms in total. The number of hydrogen-bond donors (Lipinski definition) is 1. The Balaban J connectivity index is 1.97. The van der Waals surface area contributed by atoms with E-state index in [2.05, 4.69) is 10.5 Å². The predicted octanol–water partition coefficient (Wildman–Crippen LogP) is 3.50. The number of hydrazone groups is 1. The van der Waals surface area contributed by atoms with Gasteiger partial charge in [-0.15, -0.1) is 0 Å². The second kappa shape index (κ2) is 9.10. The minimum Gasteiger partial charge on any atom is -0.493 e. The summed E-state index contributed by atoms with van der Waals surface area (Å²) < 4.78 is 16.0. The van der Waals surface area contributed by atoms with E-state index in [0.29, 0.717) is 27.8 Å². The molecule has 0 aromatic heterocycles. The van der Waals surface area contributed by atoms with Gasteiger partial charge in [-0.1, -0.05) is 29.8 Å². The number of carbonyl (C=O) groups is 1. The number of rotatable bonds is 7. The molecular weight excluding hydrogens is 356 g/mol. The van der Waals surface area contributed by atoms with Gasteiger partial charge in [0.2, 0.25) is 0 Å². The topological polar surface area (TPSA) is 69.2 Å². The molecule has 0 bridgehead atoms. The van der Waals surface area contributed by atoms with Crippen molar-refractivity contribution in [1.29, 1.82) is 0 Å². The van der Waals surface area contributed by atoms with Gasteiger partial charge in [-0.3, -0.25) is 4.79 Å². The number of carbonyl (C=O) groups excluding carboxylic acids is 1. The highest BCUT2D eigenvalue weighted by Crippen LogP contribution is 2.32. The molecule has 0 saturated carbocycles. The van der Waals surface area contributed by atoms with E-state index in [4.69, 9.17) is 25.8 Å². The maximum atomic E-state index is 11.9. The van der Waals surface area contributed by atoms with Gasteiger partial charge in [0.25, 0.3) is 5.91 Å². The van der Waals surface area contributed by atoms with Crippen LogP contribution in [0.25, 0.3) is 0 Å². The van der Waals surface area contributed by atoms with Crippen molar-refractivity contribution in [2.24, 2.45) is 5.10 Å². The third-order valence-corrected chi connectivity index (χ3v) is 3.98. The van der Waals surface area contributed by atoms with Crippen molar-refractivity contribution >= 4 is 23.7 Å². The van der Waals surface area contributed by atoms with Gasteiger partial charge in [-0.2, -0.15) is 5.10 Å². The van der Waals surface area contributed by atoms with Crippen LogP contribution in [0.4, 0.5) is 0 Å². The lowest BCUT2D eigenvalue weighted by Crippen LogP contribution is -2.25. The van der Waals surface area contributed by atoms with Crippen molar-refractivity contribution in [3.8, 4) is 17.2 Å². The van der Waals surface area contributed by atoms with Crippen LogP contribution in [0.1, 0.15) is 16.7 Å². The van der Waals surface area contributed by atoms with E-state index in [9.17, 15) is 4.79 Å². The van der Waals surface area contributed by atoms with Gasteiger partial charge < -0.3 is 14.2 Å². The molecule has 0 aliphatic heterocycles. The van der Waals surface area contributed by atoms with E-state index in [1.807, 2.05) is 32.0 Å². The number of nitrogens with one attached hydrogen (secondary N) is 1. The Morgan fingerprint density at radius 3 is 2.38 bits per heavy atom. The number of aryl methyl sites for hydroxylation is 2. The standard InChI is InChI=1S/C19H21ClN2O4/c1-12-6-5-7-13(2)19(12)26-11-18(23)22-21-10-14-8-16(24-3)17(25-4)9-15(14)20/h5-10H,11H2,1-4H3,(H,22,23)/b21-10+. The number of para-hydroxylation sites is 1.